The number of hydrogen-bond acceptors (Lipinski definition) is 5. The minimum atomic E-state index is -0.526. The Morgan fingerprint density at radius 3 is 2.26 bits per heavy atom. The smallest absolute Gasteiger partial charge is 0.327 e. The number of ether oxygens (including phenoxy) is 1. The maximum atomic E-state index is 12.6. The summed E-state index contributed by atoms with van der Waals surface area (Å²) < 4.78 is 4.99. The molecule has 1 aromatic heterocycles. The van der Waals surface area contributed by atoms with Crippen LogP contribution in [0.1, 0.15) is 22.0 Å². The van der Waals surface area contributed by atoms with Gasteiger partial charge in [0.25, 0.3) is 5.91 Å². The van der Waals surface area contributed by atoms with Crippen molar-refractivity contribution >= 4 is 35.1 Å². The van der Waals surface area contributed by atoms with Crippen molar-refractivity contribution < 1.29 is 14.3 Å². The zero-order chi connectivity index (χ0) is 19.4. The van der Waals surface area contributed by atoms with Gasteiger partial charge >= 0.3 is 5.97 Å². The highest BCUT2D eigenvalue weighted by Crippen LogP contribution is 2.25. The molecule has 1 fully saturated rings. The topological polar surface area (TPSA) is 62.7 Å². The number of rotatable bonds is 4. The van der Waals surface area contributed by atoms with Crippen LogP contribution < -0.4 is 0 Å². The summed E-state index contributed by atoms with van der Waals surface area (Å²) in [5, 5.41) is 0.953. The van der Waals surface area contributed by atoms with Crippen LogP contribution in [0.2, 0.25) is 10.2 Å². The summed E-state index contributed by atoms with van der Waals surface area (Å²) in [4.78, 5) is 32.7. The predicted octanol–water partition coefficient (Wildman–Crippen LogP) is 3.06. The molecule has 1 aliphatic heterocycles. The monoisotopic (exact) mass is 407 g/mol. The molecule has 0 radical (unpaired) electrons. The molecule has 6 nitrogen and oxygen atoms in total. The van der Waals surface area contributed by atoms with E-state index in [0.717, 1.165) is 5.56 Å². The summed E-state index contributed by atoms with van der Waals surface area (Å²) in [6.07, 6.45) is 1.47. The number of pyridine rings is 1. The Morgan fingerprint density at radius 2 is 1.70 bits per heavy atom. The number of piperazine rings is 1. The van der Waals surface area contributed by atoms with Crippen LogP contribution in [0.4, 0.5) is 0 Å². The molecule has 0 bridgehead atoms. The van der Waals surface area contributed by atoms with Crippen LogP contribution in [0.15, 0.2) is 42.6 Å². The number of esters is 1. The van der Waals surface area contributed by atoms with E-state index < -0.39 is 6.04 Å². The molecule has 1 aromatic carbocycles. The Kier molecular flexibility index (Phi) is 6.31. The van der Waals surface area contributed by atoms with E-state index in [1.54, 1.807) is 29.2 Å². The molecule has 1 atom stereocenters. The standard InChI is InChI=1S/C19H19Cl2N3O3/c1-27-19(26)17(13-2-5-15(20)6-3-13)23-8-10-24(11-9-23)18(25)14-4-7-16(21)22-12-14/h2-7,12,17H,8-11H2,1H3. The van der Waals surface area contributed by atoms with E-state index in [9.17, 15) is 9.59 Å². The highest BCUT2D eigenvalue weighted by atomic mass is 35.5. The largest absolute Gasteiger partial charge is 0.468 e. The van der Waals surface area contributed by atoms with Crippen molar-refractivity contribution in [3.8, 4) is 0 Å². The number of nitrogens with zero attached hydrogens (tertiary/aromatic N) is 3. The minimum absolute atomic E-state index is 0.0973. The number of aromatic nitrogens is 1. The van der Waals surface area contributed by atoms with Crippen molar-refractivity contribution in [1.82, 2.24) is 14.8 Å². The molecule has 0 spiro atoms. The normalized spacial score (nSPS) is 16.0. The first kappa shape index (κ1) is 19.6. The van der Waals surface area contributed by atoms with E-state index in [4.69, 9.17) is 27.9 Å². The third-order valence-electron chi connectivity index (χ3n) is 4.55. The van der Waals surface area contributed by atoms with Gasteiger partial charge in [-0.1, -0.05) is 35.3 Å². The summed E-state index contributed by atoms with van der Waals surface area (Å²) in [5.74, 6) is -0.432. The van der Waals surface area contributed by atoms with E-state index in [0.29, 0.717) is 41.9 Å². The van der Waals surface area contributed by atoms with E-state index in [2.05, 4.69) is 4.98 Å². The van der Waals surface area contributed by atoms with Gasteiger partial charge < -0.3 is 9.64 Å². The zero-order valence-corrected chi connectivity index (χ0v) is 16.3. The summed E-state index contributed by atoms with van der Waals surface area (Å²) in [6, 6.07) is 9.87. The number of carbonyl (C=O) groups excluding carboxylic acids is 2. The lowest BCUT2D eigenvalue weighted by Gasteiger charge is -2.38. The van der Waals surface area contributed by atoms with Crippen molar-refractivity contribution in [2.45, 2.75) is 6.04 Å². The molecule has 142 valence electrons. The number of methoxy groups -OCH3 is 1. The first-order valence-electron chi connectivity index (χ1n) is 8.48. The average molecular weight is 408 g/mol. The Balaban J connectivity index is 1.70. The predicted molar refractivity (Wildman–Crippen MR) is 103 cm³/mol. The van der Waals surface area contributed by atoms with Crippen LogP contribution in [0, 0.1) is 0 Å². The third-order valence-corrected chi connectivity index (χ3v) is 5.03. The first-order valence-corrected chi connectivity index (χ1v) is 9.23. The van der Waals surface area contributed by atoms with Crippen molar-refractivity contribution in [2.75, 3.05) is 33.3 Å². The molecular weight excluding hydrogens is 389 g/mol. The van der Waals surface area contributed by atoms with Gasteiger partial charge in [0.15, 0.2) is 0 Å². The Morgan fingerprint density at radius 1 is 1.04 bits per heavy atom. The molecule has 27 heavy (non-hydrogen) atoms. The molecule has 0 aliphatic carbocycles. The summed E-state index contributed by atoms with van der Waals surface area (Å²) in [7, 11) is 1.37. The molecule has 0 saturated carbocycles. The number of amides is 1. The quantitative estimate of drug-likeness (QED) is 0.575. The third kappa shape index (κ3) is 4.58. The van der Waals surface area contributed by atoms with Gasteiger partial charge in [-0.25, -0.2) is 9.78 Å². The van der Waals surface area contributed by atoms with Gasteiger partial charge in [0.05, 0.1) is 12.7 Å². The second kappa shape index (κ2) is 8.69. The van der Waals surface area contributed by atoms with Gasteiger partial charge in [0, 0.05) is 37.4 Å². The molecule has 3 rings (SSSR count). The summed E-state index contributed by atoms with van der Waals surface area (Å²) in [6.45, 7) is 2.11. The van der Waals surface area contributed by atoms with Gasteiger partial charge in [-0.15, -0.1) is 0 Å². The molecule has 2 heterocycles. The Bertz CT molecular complexity index is 804. The molecular formula is C19H19Cl2N3O3. The fraction of sp³-hybridized carbons (Fsp3) is 0.316. The van der Waals surface area contributed by atoms with Crippen LogP contribution in [0.5, 0.6) is 0 Å². The molecule has 2 aromatic rings. The van der Waals surface area contributed by atoms with Gasteiger partial charge in [-0.2, -0.15) is 0 Å². The van der Waals surface area contributed by atoms with Gasteiger partial charge in [0.2, 0.25) is 0 Å². The van der Waals surface area contributed by atoms with E-state index in [1.165, 1.54) is 13.3 Å². The van der Waals surface area contributed by atoms with E-state index in [1.807, 2.05) is 17.0 Å². The van der Waals surface area contributed by atoms with Crippen LogP contribution >= 0.6 is 23.2 Å². The fourth-order valence-electron chi connectivity index (χ4n) is 3.12. The second-order valence-electron chi connectivity index (χ2n) is 6.18. The molecule has 1 aliphatic rings. The molecule has 1 amide bonds. The van der Waals surface area contributed by atoms with Crippen molar-refractivity contribution in [1.29, 1.82) is 0 Å². The summed E-state index contributed by atoms with van der Waals surface area (Å²) >= 11 is 11.7. The van der Waals surface area contributed by atoms with E-state index in [-0.39, 0.29) is 11.9 Å². The second-order valence-corrected chi connectivity index (χ2v) is 7.00. The van der Waals surface area contributed by atoms with Crippen molar-refractivity contribution in [3.05, 3.63) is 63.9 Å². The van der Waals surface area contributed by atoms with Crippen LogP contribution in [-0.4, -0.2) is 59.9 Å². The zero-order valence-electron chi connectivity index (χ0n) is 14.8. The maximum absolute atomic E-state index is 12.6. The highest BCUT2D eigenvalue weighted by molar-refractivity contribution is 6.30. The van der Waals surface area contributed by atoms with E-state index >= 15 is 0 Å². The Labute approximate surface area is 167 Å². The molecule has 8 heteroatoms. The number of carbonyl (C=O) groups is 2. The van der Waals surface area contributed by atoms with Crippen LogP contribution in [0.3, 0.4) is 0 Å². The minimum Gasteiger partial charge on any atom is -0.468 e. The van der Waals surface area contributed by atoms with Crippen LogP contribution in [-0.2, 0) is 9.53 Å². The average Bonchev–Trinajstić information content (AvgIpc) is 2.70. The van der Waals surface area contributed by atoms with Crippen molar-refractivity contribution in [2.24, 2.45) is 0 Å². The number of halogens is 2. The molecule has 1 saturated heterocycles. The molecule has 0 N–H and O–H groups in total. The van der Waals surface area contributed by atoms with Gasteiger partial charge in [0.1, 0.15) is 11.2 Å². The summed E-state index contributed by atoms with van der Waals surface area (Å²) in [5.41, 5.74) is 1.31. The molecule has 1 unspecified atom stereocenters. The lowest BCUT2D eigenvalue weighted by Crippen LogP contribution is -2.51. The fourth-order valence-corrected chi connectivity index (χ4v) is 3.36. The lowest BCUT2D eigenvalue weighted by atomic mass is 10.0. The Hall–Kier alpha value is -2.15. The highest BCUT2D eigenvalue weighted by Gasteiger charge is 2.32. The van der Waals surface area contributed by atoms with Gasteiger partial charge in [-0.3, -0.25) is 9.69 Å². The number of benzene rings is 1. The van der Waals surface area contributed by atoms with Crippen LogP contribution in [0.25, 0.3) is 0 Å². The van der Waals surface area contributed by atoms with Gasteiger partial charge in [-0.05, 0) is 29.8 Å². The SMILES string of the molecule is COC(=O)C(c1ccc(Cl)cc1)N1CCN(C(=O)c2ccc(Cl)nc2)CC1. The first-order chi connectivity index (χ1) is 13.0. The lowest BCUT2D eigenvalue weighted by molar-refractivity contribution is -0.148. The maximum Gasteiger partial charge on any atom is 0.327 e. The van der Waals surface area contributed by atoms with Crippen molar-refractivity contribution in [3.63, 3.8) is 0 Å². The number of hydrogen-bond donors (Lipinski definition) is 0.